The number of aromatic nitrogens is 1. The van der Waals surface area contributed by atoms with Crippen LogP contribution in [0, 0.1) is 0 Å². The van der Waals surface area contributed by atoms with Crippen LogP contribution in [0.3, 0.4) is 0 Å². The lowest BCUT2D eigenvalue weighted by molar-refractivity contribution is -0.361. The highest BCUT2D eigenvalue weighted by Crippen LogP contribution is 2.21. The maximum absolute atomic E-state index is 12.1. The Morgan fingerprint density at radius 3 is 2.25 bits per heavy atom. The van der Waals surface area contributed by atoms with Crippen molar-refractivity contribution in [2.45, 2.75) is 63.5 Å². The molecule has 20 heavy (non-hydrogen) atoms. The SMILES string of the molecule is O=C(NC1CCCC1)c1ccc(NC2CCCC2)[nH+]c1. The molecule has 2 aliphatic rings. The molecule has 0 radical (unpaired) electrons. The number of H-pyrrole nitrogens is 1. The van der Waals surface area contributed by atoms with Crippen LogP contribution in [0.5, 0.6) is 0 Å². The van der Waals surface area contributed by atoms with Gasteiger partial charge < -0.3 is 5.32 Å². The van der Waals surface area contributed by atoms with Gasteiger partial charge in [-0.05, 0) is 44.6 Å². The van der Waals surface area contributed by atoms with Crippen molar-refractivity contribution < 1.29 is 9.78 Å². The molecule has 0 aliphatic heterocycles. The van der Waals surface area contributed by atoms with Crippen LogP contribution in [0.2, 0.25) is 0 Å². The van der Waals surface area contributed by atoms with E-state index in [1.807, 2.05) is 18.3 Å². The van der Waals surface area contributed by atoms with Crippen LogP contribution in [-0.2, 0) is 0 Å². The lowest BCUT2D eigenvalue weighted by Gasteiger charge is -2.11. The number of rotatable bonds is 4. The zero-order valence-corrected chi connectivity index (χ0v) is 12.0. The number of carbonyl (C=O) groups is 1. The Bertz CT molecular complexity index is 445. The third kappa shape index (κ3) is 3.30. The average molecular weight is 274 g/mol. The van der Waals surface area contributed by atoms with Crippen LogP contribution < -0.4 is 15.6 Å². The summed E-state index contributed by atoms with van der Waals surface area (Å²) in [6.07, 6.45) is 11.7. The monoisotopic (exact) mass is 274 g/mol. The van der Waals surface area contributed by atoms with Crippen LogP contribution >= 0.6 is 0 Å². The number of aromatic amines is 1. The van der Waals surface area contributed by atoms with E-state index in [1.165, 1.54) is 38.5 Å². The molecular weight excluding hydrogens is 250 g/mol. The summed E-state index contributed by atoms with van der Waals surface area (Å²) in [6, 6.07) is 4.84. The maximum Gasteiger partial charge on any atom is 0.272 e. The van der Waals surface area contributed by atoms with Crippen molar-refractivity contribution in [3.05, 3.63) is 23.9 Å². The number of nitrogens with one attached hydrogen (secondary N) is 3. The topological polar surface area (TPSA) is 55.3 Å². The van der Waals surface area contributed by atoms with Gasteiger partial charge in [0.15, 0.2) is 0 Å². The number of hydrogen-bond donors (Lipinski definition) is 2. The number of amides is 1. The molecule has 3 rings (SSSR count). The number of anilines is 1. The van der Waals surface area contributed by atoms with E-state index in [0.717, 1.165) is 18.7 Å². The molecule has 2 aliphatic carbocycles. The molecule has 1 aromatic rings. The van der Waals surface area contributed by atoms with Crippen LogP contribution in [0.25, 0.3) is 0 Å². The maximum atomic E-state index is 12.1. The van der Waals surface area contributed by atoms with Gasteiger partial charge in [0.05, 0.1) is 11.6 Å². The van der Waals surface area contributed by atoms with E-state index in [2.05, 4.69) is 15.6 Å². The summed E-state index contributed by atoms with van der Waals surface area (Å²) in [5.41, 5.74) is 0.717. The fourth-order valence-corrected chi connectivity index (χ4v) is 3.28. The highest BCUT2D eigenvalue weighted by atomic mass is 16.1. The summed E-state index contributed by atoms with van der Waals surface area (Å²) >= 11 is 0. The van der Waals surface area contributed by atoms with Crippen molar-refractivity contribution >= 4 is 11.7 Å². The quantitative estimate of drug-likeness (QED) is 0.886. The van der Waals surface area contributed by atoms with Gasteiger partial charge in [-0.3, -0.25) is 10.1 Å². The van der Waals surface area contributed by atoms with Gasteiger partial charge >= 0.3 is 0 Å². The summed E-state index contributed by atoms with van der Waals surface area (Å²) < 4.78 is 0. The van der Waals surface area contributed by atoms with Gasteiger partial charge in [-0.15, -0.1) is 0 Å². The average Bonchev–Trinajstić information content (AvgIpc) is 3.13. The minimum atomic E-state index is 0.0422. The predicted octanol–water partition coefficient (Wildman–Crippen LogP) is 2.53. The largest absolute Gasteiger partial charge is 0.349 e. The highest BCUT2D eigenvalue weighted by Gasteiger charge is 2.21. The second-order valence-corrected chi connectivity index (χ2v) is 6.07. The molecule has 3 N–H and O–H groups in total. The molecule has 4 nitrogen and oxygen atoms in total. The summed E-state index contributed by atoms with van der Waals surface area (Å²) in [6.45, 7) is 0. The van der Waals surface area contributed by atoms with Crippen LogP contribution in [0.15, 0.2) is 18.3 Å². The van der Waals surface area contributed by atoms with E-state index in [9.17, 15) is 4.79 Å². The van der Waals surface area contributed by atoms with Gasteiger partial charge in [0, 0.05) is 12.1 Å². The first-order chi connectivity index (χ1) is 9.81. The molecule has 4 heteroatoms. The molecule has 0 unspecified atom stereocenters. The van der Waals surface area contributed by atoms with Crippen molar-refractivity contribution in [3.63, 3.8) is 0 Å². The lowest BCUT2D eigenvalue weighted by Crippen LogP contribution is -2.33. The van der Waals surface area contributed by atoms with Crippen molar-refractivity contribution in [3.8, 4) is 0 Å². The Balaban J connectivity index is 1.55. The molecular formula is C16H24N3O+. The Hall–Kier alpha value is -1.58. The molecule has 1 aromatic heterocycles. The predicted molar refractivity (Wildman–Crippen MR) is 78.6 cm³/mol. The number of pyridine rings is 1. The number of carbonyl (C=O) groups excluding carboxylic acids is 1. The lowest BCUT2D eigenvalue weighted by atomic mass is 10.2. The van der Waals surface area contributed by atoms with Gasteiger partial charge in [0.2, 0.25) is 0 Å². The standard InChI is InChI=1S/C16H23N3O/c20-16(19-14-7-3-4-8-14)12-9-10-15(17-11-12)18-13-5-1-2-6-13/h9-11,13-14H,1-8H2,(H,17,18)(H,19,20)/p+1. The van der Waals surface area contributed by atoms with Gasteiger partial charge in [-0.1, -0.05) is 12.8 Å². The van der Waals surface area contributed by atoms with E-state index < -0.39 is 0 Å². The van der Waals surface area contributed by atoms with Crippen LogP contribution in [-0.4, -0.2) is 18.0 Å². The molecule has 1 amide bonds. The van der Waals surface area contributed by atoms with E-state index in [1.54, 1.807) is 0 Å². The van der Waals surface area contributed by atoms with Crippen molar-refractivity contribution in [2.75, 3.05) is 5.32 Å². The Morgan fingerprint density at radius 2 is 1.65 bits per heavy atom. The molecule has 108 valence electrons. The second-order valence-electron chi connectivity index (χ2n) is 6.07. The molecule has 0 aromatic carbocycles. The van der Waals surface area contributed by atoms with Gasteiger partial charge in [-0.2, -0.15) is 0 Å². The van der Waals surface area contributed by atoms with Crippen LogP contribution in [0.1, 0.15) is 61.7 Å². The smallest absolute Gasteiger partial charge is 0.272 e. The van der Waals surface area contributed by atoms with Crippen molar-refractivity contribution in [2.24, 2.45) is 0 Å². The van der Waals surface area contributed by atoms with E-state index in [4.69, 9.17) is 0 Å². The van der Waals surface area contributed by atoms with Crippen molar-refractivity contribution in [1.82, 2.24) is 5.32 Å². The summed E-state index contributed by atoms with van der Waals surface area (Å²) in [5.74, 6) is 1.05. The fourth-order valence-electron chi connectivity index (χ4n) is 3.28. The summed E-state index contributed by atoms with van der Waals surface area (Å²) in [4.78, 5) is 15.3. The van der Waals surface area contributed by atoms with Crippen LogP contribution in [0.4, 0.5) is 5.82 Å². The van der Waals surface area contributed by atoms with E-state index in [-0.39, 0.29) is 5.91 Å². The highest BCUT2D eigenvalue weighted by molar-refractivity contribution is 5.93. The first-order valence-corrected chi connectivity index (χ1v) is 7.90. The number of hydrogen-bond acceptors (Lipinski definition) is 2. The first kappa shape index (κ1) is 13.4. The zero-order valence-electron chi connectivity index (χ0n) is 12.0. The van der Waals surface area contributed by atoms with Crippen molar-refractivity contribution in [1.29, 1.82) is 0 Å². The molecule has 0 atom stereocenters. The van der Waals surface area contributed by atoms with Gasteiger partial charge in [-0.25, -0.2) is 4.98 Å². The minimum absolute atomic E-state index is 0.0422. The molecule has 2 saturated carbocycles. The molecule has 0 saturated heterocycles. The zero-order chi connectivity index (χ0) is 13.8. The fraction of sp³-hybridized carbons (Fsp3) is 0.625. The Kier molecular flexibility index (Phi) is 4.19. The van der Waals surface area contributed by atoms with E-state index in [0.29, 0.717) is 17.6 Å². The molecule has 1 heterocycles. The molecule has 2 fully saturated rings. The third-order valence-electron chi connectivity index (χ3n) is 4.48. The van der Waals surface area contributed by atoms with E-state index >= 15 is 0 Å². The summed E-state index contributed by atoms with van der Waals surface area (Å²) in [5, 5.41) is 6.60. The molecule has 0 spiro atoms. The minimum Gasteiger partial charge on any atom is -0.349 e. The summed E-state index contributed by atoms with van der Waals surface area (Å²) in [7, 11) is 0. The van der Waals surface area contributed by atoms with Gasteiger partial charge in [0.25, 0.3) is 11.7 Å². The van der Waals surface area contributed by atoms with Gasteiger partial charge in [0.1, 0.15) is 6.20 Å². The Labute approximate surface area is 120 Å². The molecule has 0 bridgehead atoms. The second kappa shape index (κ2) is 6.25. The normalized spacial score (nSPS) is 20.2. The first-order valence-electron chi connectivity index (χ1n) is 7.90. The third-order valence-corrected chi connectivity index (χ3v) is 4.48. The Morgan fingerprint density at radius 1 is 1.00 bits per heavy atom.